The van der Waals surface area contributed by atoms with E-state index in [1.54, 1.807) is 116 Å². The van der Waals surface area contributed by atoms with E-state index >= 15 is 0 Å². The molecule has 2 aliphatic rings. The van der Waals surface area contributed by atoms with E-state index in [9.17, 15) is 115 Å². The highest BCUT2D eigenvalue weighted by Gasteiger charge is 2.39. The highest BCUT2D eigenvalue weighted by molar-refractivity contribution is 7.91. The Morgan fingerprint density at radius 2 is 0.816 bits per heavy atom. The molecule has 0 saturated heterocycles. The van der Waals surface area contributed by atoms with Crippen molar-refractivity contribution in [3.63, 3.8) is 0 Å². The summed E-state index contributed by atoms with van der Waals surface area (Å²) in [6.45, 7) is 4.73. The number of benzene rings is 9. The van der Waals surface area contributed by atoms with Gasteiger partial charge < -0.3 is 29.6 Å². The Morgan fingerprint density at radius 3 is 1.20 bits per heavy atom. The van der Waals surface area contributed by atoms with Crippen molar-refractivity contribution < 1.29 is 104 Å². The largest absolute Gasteiger partial charge is 0.478 e. The van der Waals surface area contributed by atoms with Gasteiger partial charge in [-0.3, -0.25) is 4.98 Å². The number of aromatic carboxylic acids is 4. The molecule has 35 heteroatoms. The van der Waals surface area contributed by atoms with Gasteiger partial charge in [0.25, 0.3) is 0 Å². The van der Waals surface area contributed by atoms with Crippen LogP contribution in [0.15, 0.2) is 239 Å². The summed E-state index contributed by atoms with van der Waals surface area (Å²) in [5.74, 6) is -7.69. The smallest absolute Gasteiger partial charge is 0.417 e. The number of halogens is 10. The van der Waals surface area contributed by atoms with Crippen LogP contribution in [0.3, 0.4) is 0 Å². The average molecular weight is 1850 g/mol. The predicted molar refractivity (Wildman–Crippen MR) is 452 cm³/mol. The van der Waals surface area contributed by atoms with Crippen LogP contribution in [0.2, 0.25) is 15.1 Å². The number of carboxylic acid groups (broad SMARTS) is 4. The van der Waals surface area contributed by atoms with Crippen LogP contribution in [-0.4, -0.2) is 92.1 Å². The Kier molecular flexibility index (Phi) is 28.4. The molecule has 646 valence electrons. The number of carboxylic acids is 4. The van der Waals surface area contributed by atoms with Crippen LogP contribution in [0.25, 0.3) is 33.8 Å². The van der Waals surface area contributed by atoms with Crippen molar-refractivity contribution in [1.82, 2.24) is 14.1 Å². The van der Waals surface area contributed by atoms with Crippen molar-refractivity contribution >= 4 is 98.0 Å². The number of aryl methyl sites for hydroxylation is 3. The third kappa shape index (κ3) is 22.3. The van der Waals surface area contributed by atoms with E-state index in [2.05, 4.69) is 4.98 Å². The molecule has 2 fully saturated rings. The number of hydrogen-bond acceptors (Lipinski definition) is 15. The lowest BCUT2D eigenvalue weighted by molar-refractivity contribution is -0.138. The monoisotopic (exact) mass is 1840 g/mol. The van der Waals surface area contributed by atoms with Gasteiger partial charge in [-0.1, -0.05) is 91.1 Å². The first kappa shape index (κ1) is 93.4. The SMILES string of the molecule is CCc1ccc(C(=O)O)cc1S(=O)(=O)Cc1cc(C(F)(F)F)c(C)cc1-n1cccc1.CCc1ccc(C(=O)O)cc1S(=O)(=O)Cc1cc(C(F)(F)F)c(Cl)cc1-n1cccc1.N#Cc1cc(CS(=O)(=O)c2cc(C(=O)O)ccc2C2CC2)c(-c2cccc(F)c2)cc1Cl.N#Cc1cc(CS(=O)(=O)c2cc(C(=O)O)ccc2C2CC2)c(-c2ccccn2)cc1Cl. The minimum Gasteiger partial charge on any atom is -0.478 e. The summed E-state index contributed by atoms with van der Waals surface area (Å²) in [5.41, 5.74) is 2.38. The fraction of sp³-hybridized carbons (Fsp3) is 0.189. The number of pyridine rings is 1. The van der Waals surface area contributed by atoms with Crippen LogP contribution < -0.4 is 0 Å². The molecule has 2 aliphatic carbocycles. The van der Waals surface area contributed by atoms with Gasteiger partial charge in [-0.05, 0) is 264 Å². The number of hydrogen-bond donors (Lipinski definition) is 4. The lowest BCUT2D eigenvalue weighted by Crippen LogP contribution is -2.14. The van der Waals surface area contributed by atoms with Crippen molar-refractivity contribution in [2.45, 2.75) is 126 Å². The maximum absolute atomic E-state index is 13.8. The van der Waals surface area contributed by atoms with Crippen LogP contribution >= 0.6 is 34.8 Å². The van der Waals surface area contributed by atoms with E-state index in [-0.39, 0.29) is 103 Å². The van der Waals surface area contributed by atoms with Crippen LogP contribution in [0.5, 0.6) is 0 Å². The normalized spacial score (nSPS) is 12.9. The van der Waals surface area contributed by atoms with Crippen molar-refractivity contribution in [3.05, 3.63) is 335 Å². The van der Waals surface area contributed by atoms with Crippen molar-refractivity contribution in [1.29, 1.82) is 10.5 Å². The Bertz CT molecular complexity index is 6620. The molecule has 14 rings (SSSR count). The highest BCUT2D eigenvalue weighted by atomic mass is 35.5. The van der Waals surface area contributed by atoms with E-state index in [1.165, 1.54) is 102 Å². The first-order valence-electron chi connectivity index (χ1n) is 37.7. The molecule has 0 atom stereocenters. The molecule has 9 aromatic carbocycles. The maximum atomic E-state index is 13.8. The second-order valence-electron chi connectivity index (χ2n) is 29.0. The summed E-state index contributed by atoms with van der Waals surface area (Å²) in [7, 11) is -16.2. The van der Waals surface area contributed by atoms with E-state index < -0.39 is 121 Å². The lowest BCUT2D eigenvalue weighted by atomic mass is 9.98. The predicted octanol–water partition coefficient (Wildman–Crippen LogP) is 20.8. The van der Waals surface area contributed by atoms with Gasteiger partial charge in [-0.25, -0.2) is 57.2 Å². The minimum atomic E-state index is -4.78. The number of nitrogens with zero attached hydrogens (tertiary/aromatic N) is 5. The zero-order chi connectivity index (χ0) is 91.2. The van der Waals surface area contributed by atoms with Gasteiger partial charge in [0.1, 0.15) is 18.0 Å². The molecule has 125 heavy (non-hydrogen) atoms. The van der Waals surface area contributed by atoms with E-state index in [1.807, 2.05) is 12.1 Å². The van der Waals surface area contributed by atoms with Crippen LogP contribution in [0.1, 0.15) is 165 Å². The third-order valence-corrected chi connectivity index (χ3v) is 28.2. The second-order valence-corrected chi connectivity index (χ2v) is 38.1. The first-order chi connectivity index (χ1) is 58.9. The summed E-state index contributed by atoms with van der Waals surface area (Å²) in [4.78, 5) is 49.4. The van der Waals surface area contributed by atoms with Crippen molar-refractivity contribution in [2.75, 3.05) is 0 Å². The quantitative estimate of drug-likeness (QED) is 0.0408. The Morgan fingerprint density at radius 1 is 0.432 bits per heavy atom. The Labute approximate surface area is 728 Å². The summed E-state index contributed by atoms with van der Waals surface area (Å²) in [6, 6.07) is 47.1. The molecule has 12 aromatic rings. The van der Waals surface area contributed by atoms with Crippen LogP contribution in [-0.2, 0) is 87.6 Å². The molecule has 2 saturated carbocycles. The molecule has 0 radical (unpaired) electrons. The number of carbonyl (C=O) groups is 4. The molecule has 0 bridgehead atoms. The molecular weight excluding hydrogens is 1770 g/mol. The zero-order valence-corrected chi connectivity index (χ0v) is 71.4. The Balaban J connectivity index is 0.000000162. The van der Waals surface area contributed by atoms with Gasteiger partial charge in [-0.15, -0.1) is 0 Å². The van der Waals surface area contributed by atoms with E-state index in [4.69, 9.17) is 34.8 Å². The number of rotatable bonds is 24. The van der Waals surface area contributed by atoms with E-state index in [0.717, 1.165) is 56.0 Å². The molecular formula is C90H71Cl3F7N5O16S4. The van der Waals surface area contributed by atoms with Gasteiger partial charge in [0.2, 0.25) is 0 Å². The molecule has 0 aliphatic heterocycles. The molecule has 21 nitrogen and oxygen atoms in total. The fourth-order valence-electron chi connectivity index (χ4n) is 13.9. The van der Waals surface area contributed by atoms with Crippen molar-refractivity contribution in [2.24, 2.45) is 0 Å². The number of nitriles is 2. The standard InChI is InChI=1S/C24H17ClFNO4S.C23H17ClN2O4S.C22H20F3NO4S.C21H17ClF3NO4S/c25-22-11-21(15-2-1-3-19(26)9-15)18(8-17(22)12-27)13-32(30,31)23-10-16(24(28)29)6-7-20(23)14-4-5-14;24-20-11-19(21-3-1-2-8-26-21)17(9-16(20)12-25)13-31(29,30)22-10-15(23(27)28)6-7-18(22)14-4-5-14;1-3-15-6-7-16(21(27)28)12-20(15)31(29,30)13-17-11-18(22(23,24)25)14(2)10-19(17)26-8-4-5-9-26;1-2-13-5-6-14(20(27)28)10-19(13)31(29,30)12-15-9-16(21(23,24)25)17(22)11-18(15)26-7-3-4-8-26/h1-3,6-11,14H,4-5,13H2,(H,28,29);1-3,6-11,14H,4-5,13H2,(H,27,28);4-12H,3,13H2,1-2H3,(H,27,28);3-11H,2,12H2,1H3,(H,27,28). The van der Waals surface area contributed by atoms with E-state index in [0.29, 0.717) is 68.7 Å². The molecule has 4 N–H and O–H groups in total. The fourth-order valence-corrected chi connectivity index (χ4v) is 21.4. The van der Waals surface area contributed by atoms with Gasteiger partial charge >= 0.3 is 36.2 Å². The molecule has 0 amide bonds. The van der Waals surface area contributed by atoms with Crippen LogP contribution in [0.4, 0.5) is 30.7 Å². The highest BCUT2D eigenvalue weighted by Crippen LogP contribution is 2.47. The van der Waals surface area contributed by atoms with Crippen molar-refractivity contribution in [3.8, 4) is 45.9 Å². The molecule has 0 unspecified atom stereocenters. The number of alkyl halides is 6. The Hall–Kier alpha value is -12.3. The average Bonchev–Trinajstić information content (AvgIpc) is 1.55. The minimum absolute atomic E-state index is 0.0235. The molecule has 0 spiro atoms. The van der Waals surface area contributed by atoms with Gasteiger partial charge in [0.15, 0.2) is 39.3 Å². The second kappa shape index (κ2) is 38.1. The van der Waals surface area contributed by atoms with Gasteiger partial charge in [-0.2, -0.15) is 36.9 Å². The molecule has 3 heterocycles. The topological polar surface area (TPSA) is 356 Å². The summed E-state index contributed by atoms with van der Waals surface area (Å²) in [5, 5.41) is 55.7. The summed E-state index contributed by atoms with van der Waals surface area (Å²) in [6.07, 6.45) is 2.53. The lowest BCUT2D eigenvalue weighted by Gasteiger charge is -2.18. The van der Waals surface area contributed by atoms with Gasteiger partial charge in [0, 0.05) is 42.2 Å². The number of sulfone groups is 4. The zero-order valence-electron chi connectivity index (χ0n) is 65.8. The van der Waals surface area contributed by atoms with Crippen LogP contribution in [0, 0.1) is 35.4 Å². The third-order valence-electron chi connectivity index (χ3n) is 20.3. The number of aromatic nitrogens is 3. The maximum Gasteiger partial charge on any atom is 0.417 e. The van der Waals surface area contributed by atoms with Gasteiger partial charge in [0.05, 0.1) is 114 Å². The summed E-state index contributed by atoms with van der Waals surface area (Å²) >= 11 is 18.2. The molecule has 3 aromatic heterocycles. The first-order valence-corrected chi connectivity index (χ1v) is 45.5. The summed E-state index contributed by atoms with van der Waals surface area (Å²) < 4.78 is 204.